The van der Waals surface area contributed by atoms with Crippen LogP contribution >= 0.6 is 0 Å². The summed E-state index contributed by atoms with van der Waals surface area (Å²) in [5.74, 6) is 0.437. The SMILES string of the molecule is CC(c1ccc[n+](O)c1)C(C)(C)C. The van der Waals surface area contributed by atoms with Gasteiger partial charge >= 0.3 is 0 Å². The highest BCUT2D eigenvalue weighted by Crippen LogP contribution is 2.33. The van der Waals surface area contributed by atoms with Gasteiger partial charge in [-0.2, -0.15) is 0 Å². The molecule has 0 fully saturated rings. The molecule has 13 heavy (non-hydrogen) atoms. The van der Waals surface area contributed by atoms with Crippen molar-refractivity contribution in [2.24, 2.45) is 5.41 Å². The van der Waals surface area contributed by atoms with E-state index in [2.05, 4.69) is 27.7 Å². The molecule has 0 radical (unpaired) electrons. The molecule has 0 amide bonds. The van der Waals surface area contributed by atoms with Crippen LogP contribution in [0.25, 0.3) is 0 Å². The van der Waals surface area contributed by atoms with Crippen LogP contribution in [0.4, 0.5) is 0 Å². The molecular weight excluding hydrogens is 162 g/mol. The Bertz CT molecular complexity index is 288. The molecule has 0 bridgehead atoms. The van der Waals surface area contributed by atoms with E-state index in [-0.39, 0.29) is 5.41 Å². The smallest absolute Gasteiger partial charge is 0.225 e. The van der Waals surface area contributed by atoms with Gasteiger partial charge in [0, 0.05) is 16.4 Å². The highest BCUT2D eigenvalue weighted by Gasteiger charge is 2.23. The van der Waals surface area contributed by atoms with Gasteiger partial charge in [-0.15, -0.1) is 0 Å². The maximum absolute atomic E-state index is 9.24. The summed E-state index contributed by atoms with van der Waals surface area (Å²) in [6.45, 7) is 8.78. The van der Waals surface area contributed by atoms with Crippen molar-refractivity contribution in [3.8, 4) is 0 Å². The summed E-state index contributed by atoms with van der Waals surface area (Å²) in [5, 5.41) is 9.24. The van der Waals surface area contributed by atoms with Crippen LogP contribution in [0, 0.1) is 5.41 Å². The lowest BCUT2D eigenvalue weighted by Crippen LogP contribution is -2.30. The van der Waals surface area contributed by atoms with Crippen molar-refractivity contribution in [3.05, 3.63) is 30.1 Å². The third-order valence-electron chi connectivity index (χ3n) is 2.61. The van der Waals surface area contributed by atoms with Gasteiger partial charge in [-0.05, 0) is 17.4 Å². The second kappa shape index (κ2) is 3.36. The zero-order chi connectivity index (χ0) is 10.1. The average molecular weight is 180 g/mol. The van der Waals surface area contributed by atoms with Crippen LogP contribution in [0.3, 0.4) is 0 Å². The molecule has 2 heteroatoms. The number of rotatable bonds is 1. The van der Waals surface area contributed by atoms with E-state index in [0.29, 0.717) is 5.92 Å². The first-order valence-electron chi connectivity index (χ1n) is 4.62. The summed E-state index contributed by atoms with van der Waals surface area (Å²) in [6, 6.07) is 3.90. The molecule has 1 unspecified atom stereocenters. The molecule has 0 saturated heterocycles. The Kier molecular flexibility index (Phi) is 2.60. The Labute approximate surface area is 79.8 Å². The van der Waals surface area contributed by atoms with Crippen molar-refractivity contribution in [3.63, 3.8) is 0 Å². The maximum atomic E-state index is 9.24. The first-order chi connectivity index (χ1) is 5.91. The van der Waals surface area contributed by atoms with Gasteiger partial charge in [0.1, 0.15) is 0 Å². The molecule has 72 valence electrons. The Balaban J connectivity index is 2.96. The average Bonchev–Trinajstić information content (AvgIpc) is 2.01. The van der Waals surface area contributed by atoms with Gasteiger partial charge in [-0.25, -0.2) is 0 Å². The number of hydrogen-bond donors (Lipinski definition) is 1. The Hall–Kier alpha value is -1.05. The van der Waals surface area contributed by atoms with Crippen molar-refractivity contribution in [1.82, 2.24) is 0 Å². The predicted molar refractivity (Wildman–Crippen MR) is 51.7 cm³/mol. The maximum Gasteiger partial charge on any atom is 0.225 e. The highest BCUT2D eigenvalue weighted by molar-refractivity contribution is 5.13. The molecular formula is C11H18NO+. The Morgan fingerprint density at radius 3 is 2.46 bits per heavy atom. The van der Waals surface area contributed by atoms with Gasteiger partial charge in [0.15, 0.2) is 0 Å². The Morgan fingerprint density at radius 2 is 2.00 bits per heavy atom. The third-order valence-corrected chi connectivity index (χ3v) is 2.61. The lowest BCUT2D eigenvalue weighted by Gasteiger charge is -2.26. The monoisotopic (exact) mass is 180 g/mol. The fourth-order valence-electron chi connectivity index (χ4n) is 1.24. The van der Waals surface area contributed by atoms with Gasteiger partial charge < -0.3 is 0 Å². The van der Waals surface area contributed by atoms with Crippen molar-refractivity contribution in [2.75, 3.05) is 0 Å². The minimum Gasteiger partial charge on any atom is -0.285 e. The van der Waals surface area contributed by atoms with Gasteiger partial charge in [-0.1, -0.05) is 27.7 Å². The summed E-state index contributed by atoms with van der Waals surface area (Å²) >= 11 is 0. The zero-order valence-electron chi connectivity index (χ0n) is 8.78. The topological polar surface area (TPSA) is 24.1 Å². The van der Waals surface area contributed by atoms with Crippen LogP contribution in [-0.2, 0) is 0 Å². The molecule has 0 aromatic carbocycles. The van der Waals surface area contributed by atoms with Crippen LogP contribution in [-0.4, -0.2) is 5.21 Å². The van der Waals surface area contributed by atoms with E-state index in [9.17, 15) is 5.21 Å². The van der Waals surface area contributed by atoms with E-state index in [1.807, 2.05) is 12.1 Å². The van der Waals surface area contributed by atoms with E-state index in [0.717, 1.165) is 10.3 Å². The lowest BCUT2D eigenvalue weighted by atomic mass is 9.78. The summed E-state index contributed by atoms with van der Waals surface area (Å²) in [5.41, 5.74) is 1.39. The van der Waals surface area contributed by atoms with E-state index < -0.39 is 0 Å². The van der Waals surface area contributed by atoms with Gasteiger partial charge in [0.2, 0.25) is 12.4 Å². The molecule has 0 aliphatic carbocycles. The third kappa shape index (κ3) is 2.44. The van der Waals surface area contributed by atoms with Crippen LogP contribution in [0.5, 0.6) is 0 Å². The molecule has 0 saturated carbocycles. The fraction of sp³-hybridized carbons (Fsp3) is 0.545. The number of hydrogen-bond acceptors (Lipinski definition) is 1. The van der Waals surface area contributed by atoms with Crippen LogP contribution in [0.1, 0.15) is 39.2 Å². The summed E-state index contributed by atoms with van der Waals surface area (Å²) < 4.78 is 1.11. The van der Waals surface area contributed by atoms with E-state index in [1.165, 1.54) is 0 Å². The molecule has 0 spiro atoms. The molecule has 1 rings (SSSR count). The number of aromatic nitrogens is 1. The second-order valence-electron chi connectivity index (χ2n) is 4.61. The van der Waals surface area contributed by atoms with Crippen molar-refractivity contribution >= 4 is 0 Å². The molecule has 1 aromatic rings. The summed E-state index contributed by atoms with van der Waals surface area (Å²) in [6.07, 6.45) is 3.38. The fourth-order valence-corrected chi connectivity index (χ4v) is 1.24. The molecule has 1 aromatic heterocycles. The van der Waals surface area contributed by atoms with Gasteiger partial charge in [0.05, 0.1) is 0 Å². The lowest BCUT2D eigenvalue weighted by molar-refractivity contribution is -0.905. The molecule has 1 atom stereocenters. The molecule has 0 aliphatic rings. The quantitative estimate of drug-likeness (QED) is 0.520. The Morgan fingerprint density at radius 1 is 1.38 bits per heavy atom. The molecule has 1 N–H and O–H groups in total. The molecule has 0 aliphatic heterocycles. The molecule has 1 heterocycles. The molecule has 2 nitrogen and oxygen atoms in total. The zero-order valence-corrected chi connectivity index (χ0v) is 8.78. The van der Waals surface area contributed by atoms with Crippen molar-refractivity contribution in [1.29, 1.82) is 0 Å². The van der Waals surface area contributed by atoms with E-state index >= 15 is 0 Å². The standard InChI is InChI=1S/C11H18NO/c1-9(11(2,3)4)10-6-5-7-12(13)8-10/h5-9,13H,1-4H3/q+1. The van der Waals surface area contributed by atoms with Crippen molar-refractivity contribution in [2.45, 2.75) is 33.6 Å². The first-order valence-corrected chi connectivity index (χ1v) is 4.62. The minimum atomic E-state index is 0.231. The predicted octanol–water partition coefficient (Wildman–Crippen LogP) is 2.36. The second-order valence-corrected chi connectivity index (χ2v) is 4.61. The normalized spacial score (nSPS) is 14.2. The summed E-state index contributed by atoms with van der Waals surface area (Å²) in [4.78, 5) is 0. The van der Waals surface area contributed by atoms with Crippen LogP contribution < -0.4 is 4.73 Å². The van der Waals surface area contributed by atoms with E-state index in [4.69, 9.17) is 0 Å². The number of nitrogens with zero attached hydrogens (tertiary/aromatic N) is 1. The van der Waals surface area contributed by atoms with Crippen LogP contribution in [0.2, 0.25) is 0 Å². The minimum absolute atomic E-state index is 0.231. The van der Waals surface area contributed by atoms with Gasteiger partial charge in [0.25, 0.3) is 0 Å². The van der Waals surface area contributed by atoms with Crippen molar-refractivity contribution < 1.29 is 9.94 Å². The first kappa shape index (κ1) is 10.0. The number of pyridine rings is 1. The largest absolute Gasteiger partial charge is 0.285 e. The summed E-state index contributed by atoms with van der Waals surface area (Å²) in [7, 11) is 0. The van der Waals surface area contributed by atoms with Gasteiger partial charge in [-0.3, -0.25) is 5.21 Å². The van der Waals surface area contributed by atoms with E-state index in [1.54, 1.807) is 12.4 Å². The van der Waals surface area contributed by atoms with Crippen LogP contribution in [0.15, 0.2) is 24.5 Å². The highest BCUT2D eigenvalue weighted by atomic mass is 16.5.